The lowest BCUT2D eigenvalue weighted by Gasteiger charge is -2.02. The van der Waals surface area contributed by atoms with Gasteiger partial charge in [0.05, 0.1) is 24.6 Å². The first-order chi connectivity index (χ1) is 12.8. The lowest BCUT2D eigenvalue weighted by molar-refractivity contribution is 0.0951. The van der Waals surface area contributed by atoms with Crippen molar-refractivity contribution in [3.05, 3.63) is 54.7 Å². The zero-order valence-electron chi connectivity index (χ0n) is 13.4. The Bertz CT molecular complexity index is 992. The van der Waals surface area contributed by atoms with Gasteiger partial charge < -0.3 is 14.3 Å². The lowest BCUT2D eigenvalue weighted by atomic mass is 10.3. The maximum Gasteiger partial charge on any atom is 0.280 e. The largest absolute Gasteiger partial charge is 0.472 e. The van der Waals surface area contributed by atoms with E-state index in [4.69, 9.17) is 8.94 Å². The van der Waals surface area contributed by atoms with Gasteiger partial charge in [-0.2, -0.15) is 4.98 Å². The van der Waals surface area contributed by atoms with Gasteiger partial charge in [0.2, 0.25) is 5.82 Å². The average Bonchev–Trinajstić information content (AvgIpc) is 3.42. The van der Waals surface area contributed by atoms with Crippen LogP contribution in [0, 0.1) is 0 Å². The Kier molecular flexibility index (Phi) is 4.21. The number of furan rings is 1. The molecule has 0 aromatic carbocycles. The highest BCUT2D eigenvalue weighted by molar-refractivity contribution is 5.93. The van der Waals surface area contributed by atoms with Gasteiger partial charge in [0, 0.05) is 12.7 Å². The number of nitrogens with one attached hydrogen (secondary N) is 1. The van der Waals surface area contributed by atoms with Crippen molar-refractivity contribution in [2.75, 3.05) is 6.54 Å². The van der Waals surface area contributed by atoms with Crippen molar-refractivity contribution in [1.29, 1.82) is 0 Å². The smallest absolute Gasteiger partial charge is 0.280 e. The van der Waals surface area contributed by atoms with E-state index in [0.29, 0.717) is 35.9 Å². The fourth-order valence-electron chi connectivity index (χ4n) is 2.21. The quantitative estimate of drug-likeness (QED) is 0.553. The molecule has 0 saturated heterocycles. The Morgan fingerprint density at radius 2 is 2.19 bits per heavy atom. The first kappa shape index (κ1) is 15.7. The summed E-state index contributed by atoms with van der Waals surface area (Å²) in [6, 6.07) is 7.03. The molecule has 0 aliphatic carbocycles. The summed E-state index contributed by atoms with van der Waals surface area (Å²) in [5.41, 5.74) is 1.52. The van der Waals surface area contributed by atoms with Crippen molar-refractivity contribution in [1.82, 2.24) is 35.4 Å². The molecule has 0 saturated carbocycles. The summed E-state index contributed by atoms with van der Waals surface area (Å²) in [5.74, 6) is 0.415. The number of carbonyl (C=O) groups excluding carboxylic acids is 1. The second-order valence-electron chi connectivity index (χ2n) is 5.27. The molecule has 4 rings (SSSR count). The monoisotopic (exact) mass is 351 g/mol. The molecule has 130 valence electrons. The van der Waals surface area contributed by atoms with Gasteiger partial charge in [0.15, 0.2) is 5.69 Å². The van der Waals surface area contributed by atoms with Gasteiger partial charge in [-0.25, -0.2) is 4.68 Å². The van der Waals surface area contributed by atoms with Crippen LogP contribution in [0.2, 0.25) is 0 Å². The van der Waals surface area contributed by atoms with Gasteiger partial charge in [-0.05, 0) is 18.2 Å². The Balaban J connectivity index is 1.37. The van der Waals surface area contributed by atoms with E-state index in [2.05, 4.69) is 30.8 Å². The maximum atomic E-state index is 11.8. The van der Waals surface area contributed by atoms with Gasteiger partial charge in [-0.3, -0.25) is 9.78 Å². The molecule has 1 N–H and O–H groups in total. The summed E-state index contributed by atoms with van der Waals surface area (Å²) < 4.78 is 11.7. The third-order valence-electron chi connectivity index (χ3n) is 3.49. The van der Waals surface area contributed by atoms with Gasteiger partial charge in [0.1, 0.15) is 12.0 Å². The number of rotatable bonds is 6. The van der Waals surface area contributed by atoms with E-state index in [-0.39, 0.29) is 11.8 Å². The van der Waals surface area contributed by atoms with Gasteiger partial charge in [-0.15, -0.1) is 5.10 Å². The fourth-order valence-corrected chi connectivity index (χ4v) is 2.21. The molecule has 4 aromatic rings. The molecule has 0 spiro atoms. The van der Waals surface area contributed by atoms with Crippen LogP contribution in [-0.4, -0.2) is 42.6 Å². The zero-order chi connectivity index (χ0) is 17.8. The van der Waals surface area contributed by atoms with E-state index in [1.807, 2.05) is 6.07 Å². The number of pyridine rings is 1. The van der Waals surface area contributed by atoms with Crippen molar-refractivity contribution in [3.8, 4) is 23.1 Å². The number of carbonyl (C=O) groups is 1. The van der Waals surface area contributed by atoms with E-state index >= 15 is 0 Å². The van der Waals surface area contributed by atoms with Crippen LogP contribution in [0.25, 0.3) is 23.1 Å². The number of aromatic nitrogens is 6. The number of nitrogens with zero attached hydrogens (tertiary/aromatic N) is 6. The second kappa shape index (κ2) is 6.97. The second-order valence-corrected chi connectivity index (χ2v) is 5.27. The first-order valence-electron chi connectivity index (χ1n) is 7.75. The standard InChI is InChI=1S/C16H13N7O3/c24-15(11-4-8-25-10-11)18-6-7-23-9-13(20-22-23)16-19-14(21-26-16)12-3-1-2-5-17-12/h1-5,8-10H,6-7H2,(H,18,24). The average molecular weight is 351 g/mol. The van der Waals surface area contributed by atoms with Crippen LogP contribution in [0.4, 0.5) is 0 Å². The summed E-state index contributed by atoms with van der Waals surface area (Å²) >= 11 is 0. The van der Waals surface area contributed by atoms with E-state index in [9.17, 15) is 4.79 Å². The Morgan fingerprint density at radius 1 is 1.23 bits per heavy atom. The molecule has 4 aromatic heterocycles. The molecule has 1 amide bonds. The normalized spacial score (nSPS) is 10.8. The Labute approximate surface area is 146 Å². The highest BCUT2D eigenvalue weighted by Crippen LogP contribution is 2.18. The number of hydrogen-bond acceptors (Lipinski definition) is 8. The minimum Gasteiger partial charge on any atom is -0.472 e. The maximum absolute atomic E-state index is 11.8. The molecule has 0 unspecified atom stereocenters. The molecular weight excluding hydrogens is 338 g/mol. The van der Waals surface area contributed by atoms with Crippen LogP contribution < -0.4 is 5.32 Å². The molecule has 0 fully saturated rings. The highest BCUT2D eigenvalue weighted by Gasteiger charge is 2.14. The molecule has 0 aliphatic rings. The predicted molar refractivity (Wildman–Crippen MR) is 87.6 cm³/mol. The van der Waals surface area contributed by atoms with E-state index in [1.165, 1.54) is 12.5 Å². The van der Waals surface area contributed by atoms with Crippen LogP contribution >= 0.6 is 0 Å². The lowest BCUT2D eigenvalue weighted by Crippen LogP contribution is -2.27. The summed E-state index contributed by atoms with van der Waals surface area (Å²) in [4.78, 5) is 20.2. The van der Waals surface area contributed by atoms with Gasteiger partial charge in [-0.1, -0.05) is 16.4 Å². The first-order valence-corrected chi connectivity index (χ1v) is 7.75. The van der Waals surface area contributed by atoms with Crippen LogP contribution in [0.1, 0.15) is 10.4 Å². The SMILES string of the molecule is O=C(NCCn1cc(-c2nc(-c3ccccn3)no2)nn1)c1ccoc1. The third-order valence-corrected chi connectivity index (χ3v) is 3.49. The van der Waals surface area contributed by atoms with E-state index < -0.39 is 0 Å². The molecule has 4 heterocycles. The molecule has 26 heavy (non-hydrogen) atoms. The van der Waals surface area contributed by atoms with Crippen LogP contribution in [-0.2, 0) is 6.54 Å². The Hall–Kier alpha value is -3.82. The van der Waals surface area contributed by atoms with Crippen molar-refractivity contribution in [2.45, 2.75) is 6.54 Å². The van der Waals surface area contributed by atoms with E-state index in [0.717, 1.165) is 0 Å². The molecule has 10 nitrogen and oxygen atoms in total. The van der Waals surface area contributed by atoms with Crippen LogP contribution in [0.3, 0.4) is 0 Å². The van der Waals surface area contributed by atoms with Crippen LogP contribution in [0.15, 0.2) is 58.1 Å². The fraction of sp³-hybridized carbons (Fsp3) is 0.125. The number of amides is 1. The van der Waals surface area contributed by atoms with Crippen molar-refractivity contribution < 1.29 is 13.7 Å². The molecule has 10 heteroatoms. The van der Waals surface area contributed by atoms with Crippen LogP contribution in [0.5, 0.6) is 0 Å². The summed E-state index contributed by atoms with van der Waals surface area (Å²) in [6.07, 6.45) is 6.15. The highest BCUT2D eigenvalue weighted by atomic mass is 16.5. The molecule has 0 atom stereocenters. The summed E-state index contributed by atoms with van der Waals surface area (Å²) in [5, 5.41) is 14.7. The van der Waals surface area contributed by atoms with Gasteiger partial charge >= 0.3 is 0 Å². The molecule has 0 aliphatic heterocycles. The zero-order valence-corrected chi connectivity index (χ0v) is 13.4. The Morgan fingerprint density at radius 3 is 3.00 bits per heavy atom. The predicted octanol–water partition coefficient (Wildman–Crippen LogP) is 1.41. The number of hydrogen-bond donors (Lipinski definition) is 1. The van der Waals surface area contributed by atoms with Gasteiger partial charge in [0.25, 0.3) is 11.8 Å². The molecule has 0 bridgehead atoms. The van der Waals surface area contributed by atoms with Crippen molar-refractivity contribution in [2.24, 2.45) is 0 Å². The van der Waals surface area contributed by atoms with Crippen molar-refractivity contribution >= 4 is 5.91 Å². The van der Waals surface area contributed by atoms with Crippen molar-refractivity contribution in [3.63, 3.8) is 0 Å². The molecule has 0 radical (unpaired) electrons. The minimum absolute atomic E-state index is 0.212. The topological polar surface area (TPSA) is 125 Å². The van der Waals surface area contributed by atoms with E-state index in [1.54, 1.807) is 35.3 Å². The summed E-state index contributed by atoms with van der Waals surface area (Å²) in [7, 11) is 0. The third kappa shape index (κ3) is 3.34. The minimum atomic E-state index is -0.212. The summed E-state index contributed by atoms with van der Waals surface area (Å²) in [6.45, 7) is 0.827. The molecular formula is C16H13N7O3.